The molecule has 0 saturated heterocycles. The molecule has 2 rings (SSSR count). The summed E-state index contributed by atoms with van der Waals surface area (Å²) in [6.45, 7) is 2.75. The highest BCUT2D eigenvalue weighted by Crippen LogP contribution is 2.24. The standard InChI is InChI=1S/C17H19BrN2O2/c1-2-3-12-22-16-7-5-4-6-15(16)20-17(21)19-14-10-8-13(18)9-11-14/h4-11H,2-3,12H2,1H3,(H2,19,20,21). The lowest BCUT2D eigenvalue weighted by Gasteiger charge is -2.13. The van der Waals surface area contributed by atoms with Gasteiger partial charge < -0.3 is 15.4 Å². The summed E-state index contributed by atoms with van der Waals surface area (Å²) in [7, 11) is 0. The van der Waals surface area contributed by atoms with E-state index in [-0.39, 0.29) is 6.03 Å². The zero-order chi connectivity index (χ0) is 15.8. The monoisotopic (exact) mass is 362 g/mol. The number of carbonyl (C=O) groups excluding carboxylic acids is 1. The predicted molar refractivity (Wildman–Crippen MR) is 93.6 cm³/mol. The second-order valence-corrected chi connectivity index (χ2v) is 5.70. The first-order chi connectivity index (χ1) is 10.7. The van der Waals surface area contributed by atoms with Crippen molar-refractivity contribution in [2.24, 2.45) is 0 Å². The summed E-state index contributed by atoms with van der Waals surface area (Å²) < 4.78 is 6.66. The van der Waals surface area contributed by atoms with Gasteiger partial charge in [0.15, 0.2) is 0 Å². The maximum Gasteiger partial charge on any atom is 0.323 e. The van der Waals surface area contributed by atoms with Gasteiger partial charge in [0.25, 0.3) is 0 Å². The summed E-state index contributed by atoms with van der Waals surface area (Å²) in [5.74, 6) is 0.682. The first-order valence-corrected chi connectivity index (χ1v) is 8.03. The van der Waals surface area contributed by atoms with Crippen LogP contribution < -0.4 is 15.4 Å². The number of anilines is 2. The summed E-state index contributed by atoms with van der Waals surface area (Å²) in [6, 6.07) is 14.5. The van der Waals surface area contributed by atoms with Gasteiger partial charge >= 0.3 is 6.03 Å². The van der Waals surface area contributed by atoms with E-state index in [1.807, 2.05) is 48.5 Å². The molecule has 0 fully saturated rings. The average molecular weight is 363 g/mol. The van der Waals surface area contributed by atoms with Crippen LogP contribution in [0.25, 0.3) is 0 Å². The Balaban J connectivity index is 1.97. The number of hydrogen-bond acceptors (Lipinski definition) is 2. The number of para-hydroxylation sites is 2. The van der Waals surface area contributed by atoms with Gasteiger partial charge in [0.2, 0.25) is 0 Å². The number of benzene rings is 2. The third-order valence-corrected chi connectivity index (χ3v) is 3.52. The molecule has 5 heteroatoms. The highest BCUT2D eigenvalue weighted by Gasteiger charge is 2.07. The fraction of sp³-hybridized carbons (Fsp3) is 0.235. The minimum absolute atomic E-state index is 0.297. The molecule has 2 amide bonds. The number of urea groups is 1. The lowest BCUT2D eigenvalue weighted by Crippen LogP contribution is -2.19. The van der Waals surface area contributed by atoms with Crippen LogP contribution >= 0.6 is 15.9 Å². The van der Waals surface area contributed by atoms with E-state index in [9.17, 15) is 4.79 Å². The molecule has 116 valence electrons. The van der Waals surface area contributed by atoms with E-state index >= 15 is 0 Å². The first kappa shape index (κ1) is 16.4. The molecule has 0 saturated carbocycles. The Bertz CT molecular complexity index is 614. The van der Waals surface area contributed by atoms with Crippen molar-refractivity contribution < 1.29 is 9.53 Å². The van der Waals surface area contributed by atoms with Crippen LogP contribution in [0.15, 0.2) is 53.0 Å². The molecule has 0 atom stereocenters. The summed E-state index contributed by atoms with van der Waals surface area (Å²) >= 11 is 3.36. The Kier molecular flexibility index (Phi) is 6.27. The number of nitrogens with one attached hydrogen (secondary N) is 2. The lowest BCUT2D eigenvalue weighted by molar-refractivity contribution is 0.261. The number of hydrogen-bond donors (Lipinski definition) is 2. The molecular weight excluding hydrogens is 344 g/mol. The van der Waals surface area contributed by atoms with Gasteiger partial charge in [-0.3, -0.25) is 0 Å². The van der Waals surface area contributed by atoms with E-state index in [1.165, 1.54) is 0 Å². The predicted octanol–water partition coefficient (Wildman–Crippen LogP) is 5.27. The molecule has 0 unspecified atom stereocenters. The van der Waals surface area contributed by atoms with E-state index < -0.39 is 0 Å². The molecule has 22 heavy (non-hydrogen) atoms. The van der Waals surface area contributed by atoms with Crippen LogP contribution in [-0.2, 0) is 0 Å². The van der Waals surface area contributed by atoms with Crippen molar-refractivity contribution in [1.29, 1.82) is 0 Å². The van der Waals surface area contributed by atoms with Crippen molar-refractivity contribution in [3.8, 4) is 5.75 Å². The fourth-order valence-corrected chi connectivity index (χ4v) is 2.10. The third kappa shape index (κ3) is 5.07. The van der Waals surface area contributed by atoms with Crippen molar-refractivity contribution in [3.05, 3.63) is 53.0 Å². The highest BCUT2D eigenvalue weighted by molar-refractivity contribution is 9.10. The summed E-state index contributed by atoms with van der Waals surface area (Å²) in [6.07, 6.45) is 2.05. The smallest absolute Gasteiger partial charge is 0.323 e. The molecule has 0 aliphatic heterocycles. The zero-order valence-corrected chi connectivity index (χ0v) is 14.0. The summed E-state index contributed by atoms with van der Waals surface area (Å²) in [4.78, 5) is 12.1. The molecule has 0 aliphatic carbocycles. The molecular formula is C17H19BrN2O2. The zero-order valence-electron chi connectivity index (χ0n) is 12.4. The van der Waals surface area contributed by atoms with Gasteiger partial charge in [-0.15, -0.1) is 0 Å². The molecule has 4 nitrogen and oxygen atoms in total. The molecule has 0 aromatic heterocycles. The molecule has 2 aromatic rings. The van der Waals surface area contributed by atoms with Crippen molar-refractivity contribution in [1.82, 2.24) is 0 Å². The third-order valence-electron chi connectivity index (χ3n) is 2.99. The van der Waals surface area contributed by atoms with Crippen LogP contribution in [0, 0.1) is 0 Å². The Morgan fingerprint density at radius 1 is 1.09 bits per heavy atom. The largest absolute Gasteiger partial charge is 0.491 e. The molecule has 0 radical (unpaired) electrons. The van der Waals surface area contributed by atoms with Crippen LogP contribution in [0.2, 0.25) is 0 Å². The van der Waals surface area contributed by atoms with Crippen molar-refractivity contribution in [3.63, 3.8) is 0 Å². The highest BCUT2D eigenvalue weighted by atomic mass is 79.9. The second kappa shape index (κ2) is 8.44. The van der Waals surface area contributed by atoms with E-state index in [0.717, 1.165) is 23.0 Å². The molecule has 0 aliphatic rings. The van der Waals surface area contributed by atoms with Gasteiger partial charge in [0.1, 0.15) is 5.75 Å². The van der Waals surface area contributed by atoms with E-state index in [2.05, 4.69) is 33.5 Å². The summed E-state index contributed by atoms with van der Waals surface area (Å²) in [5.41, 5.74) is 1.39. The van der Waals surface area contributed by atoms with Gasteiger partial charge in [-0.25, -0.2) is 4.79 Å². The van der Waals surface area contributed by atoms with Crippen LogP contribution in [0.3, 0.4) is 0 Å². The minimum atomic E-state index is -0.297. The maximum atomic E-state index is 12.1. The quantitative estimate of drug-likeness (QED) is 0.687. The molecule has 0 spiro atoms. The number of halogens is 1. The number of rotatable bonds is 6. The Hall–Kier alpha value is -2.01. The van der Waals surface area contributed by atoms with Crippen molar-refractivity contribution >= 4 is 33.3 Å². The van der Waals surface area contributed by atoms with Crippen molar-refractivity contribution in [2.45, 2.75) is 19.8 Å². The van der Waals surface area contributed by atoms with Gasteiger partial charge in [-0.1, -0.05) is 41.4 Å². The van der Waals surface area contributed by atoms with Gasteiger partial charge in [0.05, 0.1) is 12.3 Å². The average Bonchev–Trinajstić information content (AvgIpc) is 2.51. The Morgan fingerprint density at radius 2 is 1.82 bits per heavy atom. The molecule has 2 N–H and O–H groups in total. The molecule has 0 heterocycles. The van der Waals surface area contributed by atoms with Gasteiger partial charge in [-0.05, 0) is 42.8 Å². The first-order valence-electron chi connectivity index (χ1n) is 7.24. The number of unbranched alkanes of at least 4 members (excludes halogenated alkanes) is 1. The van der Waals surface area contributed by atoms with Gasteiger partial charge in [0, 0.05) is 10.2 Å². The number of ether oxygens (including phenoxy) is 1. The minimum Gasteiger partial charge on any atom is -0.491 e. The Labute approximate surface area is 139 Å². The van der Waals surface area contributed by atoms with E-state index in [0.29, 0.717) is 18.0 Å². The second-order valence-electron chi connectivity index (χ2n) is 4.78. The summed E-state index contributed by atoms with van der Waals surface area (Å²) in [5, 5.41) is 5.60. The van der Waals surface area contributed by atoms with Crippen LogP contribution in [0.4, 0.5) is 16.2 Å². The number of carbonyl (C=O) groups is 1. The van der Waals surface area contributed by atoms with Crippen LogP contribution in [-0.4, -0.2) is 12.6 Å². The Morgan fingerprint density at radius 3 is 2.55 bits per heavy atom. The van der Waals surface area contributed by atoms with Crippen LogP contribution in [0.5, 0.6) is 5.75 Å². The maximum absolute atomic E-state index is 12.1. The SMILES string of the molecule is CCCCOc1ccccc1NC(=O)Nc1ccc(Br)cc1. The topological polar surface area (TPSA) is 50.4 Å². The number of amides is 2. The van der Waals surface area contributed by atoms with E-state index in [1.54, 1.807) is 0 Å². The molecule has 2 aromatic carbocycles. The van der Waals surface area contributed by atoms with Gasteiger partial charge in [-0.2, -0.15) is 0 Å². The fourth-order valence-electron chi connectivity index (χ4n) is 1.84. The normalized spacial score (nSPS) is 10.1. The van der Waals surface area contributed by atoms with E-state index in [4.69, 9.17) is 4.74 Å². The molecule has 0 bridgehead atoms. The van der Waals surface area contributed by atoms with Crippen LogP contribution in [0.1, 0.15) is 19.8 Å². The van der Waals surface area contributed by atoms with Crippen molar-refractivity contribution in [2.75, 3.05) is 17.2 Å². The lowest BCUT2D eigenvalue weighted by atomic mass is 10.3.